The van der Waals surface area contributed by atoms with Crippen LogP contribution in [-0.4, -0.2) is 39.5 Å². The molecular formula is C15H22N4S. The summed E-state index contributed by atoms with van der Waals surface area (Å²) in [5.74, 6) is 0.991. The maximum Gasteiger partial charge on any atom is 0.138 e. The summed E-state index contributed by atoms with van der Waals surface area (Å²) in [6, 6.07) is 2.62. The fourth-order valence-electron chi connectivity index (χ4n) is 2.79. The standard InChI is InChI=1S/C15H22N4S/c1-15(2,3)19-7-4-11(5-8-19)18-13-12-6-9-20-14(12)17-10-16-13/h6,9-11H,4-5,7-8H2,1-3H3,(H,16,17,18). The molecule has 4 nitrogen and oxygen atoms in total. The normalized spacial score (nSPS) is 18.6. The minimum atomic E-state index is 0.278. The molecular weight excluding hydrogens is 268 g/mol. The molecule has 2 aromatic rings. The van der Waals surface area contributed by atoms with Gasteiger partial charge in [0.15, 0.2) is 0 Å². The monoisotopic (exact) mass is 290 g/mol. The van der Waals surface area contributed by atoms with Crippen molar-refractivity contribution in [2.75, 3.05) is 18.4 Å². The van der Waals surface area contributed by atoms with Gasteiger partial charge < -0.3 is 5.32 Å². The lowest BCUT2D eigenvalue weighted by atomic mass is 9.98. The molecule has 0 amide bonds. The van der Waals surface area contributed by atoms with Crippen molar-refractivity contribution in [2.24, 2.45) is 0 Å². The lowest BCUT2D eigenvalue weighted by Gasteiger charge is -2.41. The number of aromatic nitrogens is 2. The fourth-order valence-corrected chi connectivity index (χ4v) is 3.53. The van der Waals surface area contributed by atoms with Gasteiger partial charge in [0, 0.05) is 24.7 Å². The molecule has 0 saturated carbocycles. The maximum absolute atomic E-state index is 4.41. The molecule has 1 saturated heterocycles. The van der Waals surface area contributed by atoms with Crippen LogP contribution in [-0.2, 0) is 0 Å². The molecule has 1 fully saturated rings. The van der Waals surface area contributed by atoms with Crippen molar-refractivity contribution < 1.29 is 0 Å². The van der Waals surface area contributed by atoms with E-state index in [4.69, 9.17) is 0 Å². The molecule has 20 heavy (non-hydrogen) atoms. The van der Waals surface area contributed by atoms with E-state index in [-0.39, 0.29) is 5.54 Å². The minimum absolute atomic E-state index is 0.278. The molecule has 0 bridgehead atoms. The molecule has 0 aromatic carbocycles. The summed E-state index contributed by atoms with van der Waals surface area (Å²) in [6.45, 7) is 9.18. The average molecular weight is 290 g/mol. The average Bonchev–Trinajstić information content (AvgIpc) is 2.88. The van der Waals surface area contributed by atoms with Gasteiger partial charge in [0.05, 0.1) is 5.39 Å². The largest absolute Gasteiger partial charge is 0.367 e. The molecule has 5 heteroatoms. The number of likely N-dealkylation sites (tertiary alicyclic amines) is 1. The second-order valence-electron chi connectivity index (χ2n) is 6.44. The van der Waals surface area contributed by atoms with E-state index in [1.54, 1.807) is 17.7 Å². The van der Waals surface area contributed by atoms with Crippen molar-refractivity contribution in [3.63, 3.8) is 0 Å². The Kier molecular flexibility index (Phi) is 3.65. The highest BCUT2D eigenvalue weighted by Crippen LogP contribution is 2.27. The molecule has 1 aliphatic rings. The van der Waals surface area contributed by atoms with Gasteiger partial charge in [-0.05, 0) is 45.1 Å². The van der Waals surface area contributed by atoms with Crippen molar-refractivity contribution in [3.05, 3.63) is 17.8 Å². The van der Waals surface area contributed by atoms with Crippen LogP contribution in [0.5, 0.6) is 0 Å². The van der Waals surface area contributed by atoms with Crippen molar-refractivity contribution in [2.45, 2.75) is 45.2 Å². The first-order valence-corrected chi connectivity index (χ1v) is 8.12. The number of hydrogen-bond acceptors (Lipinski definition) is 5. The minimum Gasteiger partial charge on any atom is -0.367 e. The summed E-state index contributed by atoms with van der Waals surface area (Å²) in [6.07, 6.45) is 4.01. The highest BCUT2D eigenvalue weighted by atomic mass is 32.1. The number of piperidine rings is 1. The van der Waals surface area contributed by atoms with Crippen LogP contribution in [0, 0.1) is 0 Å². The van der Waals surface area contributed by atoms with Crippen LogP contribution in [0.4, 0.5) is 5.82 Å². The first kappa shape index (κ1) is 13.8. The van der Waals surface area contributed by atoms with Gasteiger partial charge in [0.2, 0.25) is 0 Å². The summed E-state index contributed by atoms with van der Waals surface area (Å²) >= 11 is 1.67. The maximum atomic E-state index is 4.41. The number of rotatable bonds is 2. The van der Waals surface area contributed by atoms with Gasteiger partial charge in [-0.2, -0.15) is 0 Å². The number of nitrogens with zero attached hydrogens (tertiary/aromatic N) is 3. The molecule has 3 rings (SSSR count). The molecule has 0 aliphatic carbocycles. The lowest BCUT2D eigenvalue weighted by Crippen LogP contribution is -2.48. The van der Waals surface area contributed by atoms with Crippen LogP contribution in [0.25, 0.3) is 10.2 Å². The Hall–Kier alpha value is -1.20. The summed E-state index contributed by atoms with van der Waals surface area (Å²) < 4.78 is 0. The van der Waals surface area contributed by atoms with Gasteiger partial charge in [-0.3, -0.25) is 4.90 Å². The van der Waals surface area contributed by atoms with Crippen LogP contribution >= 0.6 is 11.3 Å². The Labute approximate surface area is 124 Å². The van der Waals surface area contributed by atoms with E-state index in [0.29, 0.717) is 6.04 Å². The molecule has 0 unspecified atom stereocenters. The third kappa shape index (κ3) is 2.79. The lowest BCUT2D eigenvalue weighted by molar-refractivity contribution is 0.106. The highest BCUT2D eigenvalue weighted by molar-refractivity contribution is 7.16. The molecule has 0 spiro atoms. The third-order valence-electron chi connectivity index (χ3n) is 4.05. The highest BCUT2D eigenvalue weighted by Gasteiger charge is 2.27. The molecule has 0 atom stereocenters. The van der Waals surface area contributed by atoms with Crippen LogP contribution in [0.2, 0.25) is 0 Å². The molecule has 108 valence electrons. The Morgan fingerprint density at radius 2 is 2.00 bits per heavy atom. The van der Waals surface area contributed by atoms with E-state index in [2.05, 4.69) is 52.4 Å². The molecule has 2 aromatic heterocycles. The van der Waals surface area contributed by atoms with Gasteiger partial charge in [-0.1, -0.05) is 0 Å². The Bertz CT molecular complexity index is 579. The first-order chi connectivity index (χ1) is 9.54. The predicted molar refractivity (Wildman–Crippen MR) is 85.4 cm³/mol. The zero-order valence-corrected chi connectivity index (χ0v) is 13.2. The van der Waals surface area contributed by atoms with Crippen LogP contribution in [0.1, 0.15) is 33.6 Å². The number of anilines is 1. The second kappa shape index (κ2) is 5.30. The number of hydrogen-bond donors (Lipinski definition) is 1. The van der Waals surface area contributed by atoms with Gasteiger partial charge >= 0.3 is 0 Å². The predicted octanol–water partition coefficient (Wildman–Crippen LogP) is 3.37. The zero-order chi connectivity index (χ0) is 14.2. The van der Waals surface area contributed by atoms with E-state index < -0.39 is 0 Å². The van der Waals surface area contributed by atoms with E-state index in [1.165, 1.54) is 12.8 Å². The smallest absolute Gasteiger partial charge is 0.138 e. The Balaban J connectivity index is 1.67. The number of nitrogens with one attached hydrogen (secondary N) is 1. The van der Waals surface area contributed by atoms with Crippen LogP contribution in [0.3, 0.4) is 0 Å². The topological polar surface area (TPSA) is 41.0 Å². The van der Waals surface area contributed by atoms with Crippen molar-refractivity contribution in [1.82, 2.24) is 14.9 Å². The fraction of sp³-hybridized carbons (Fsp3) is 0.600. The van der Waals surface area contributed by atoms with E-state index in [0.717, 1.165) is 29.1 Å². The van der Waals surface area contributed by atoms with Gasteiger partial charge in [-0.25, -0.2) is 9.97 Å². The summed E-state index contributed by atoms with van der Waals surface area (Å²) in [7, 11) is 0. The Morgan fingerprint density at radius 1 is 1.25 bits per heavy atom. The summed E-state index contributed by atoms with van der Waals surface area (Å²) in [4.78, 5) is 12.3. The SMILES string of the molecule is CC(C)(C)N1CCC(Nc2ncnc3sccc23)CC1. The van der Waals surface area contributed by atoms with E-state index >= 15 is 0 Å². The van der Waals surface area contributed by atoms with Crippen molar-refractivity contribution in [3.8, 4) is 0 Å². The number of thiophene rings is 1. The third-order valence-corrected chi connectivity index (χ3v) is 4.87. The zero-order valence-electron chi connectivity index (χ0n) is 12.4. The van der Waals surface area contributed by atoms with Crippen LogP contribution < -0.4 is 5.32 Å². The Morgan fingerprint density at radius 3 is 2.70 bits per heavy atom. The first-order valence-electron chi connectivity index (χ1n) is 7.24. The molecule has 1 aliphatic heterocycles. The molecule has 3 heterocycles. The molecule has 1 N–H and O–H groups in total. The number of fused-ring (bicyclic) bond motifs is 1. The summed E-state index contributed by atoms with van der Waals surface area (Å²) in [5, 5.41) is 6.84. The summed E-state index contributed by atoms with van der Waals surface area (Å²) in [5.41, 5.74) is 0.278. The van der Waals surface area contributed by atoms with Crippen molar-refractivity contribution >= 4 is 27.4 Å². The quantitative estimate of drug-likeness (QED) is 0.920. The van der Waals surface area contributed by atoms with E-state index in [1.807, 2.05) is 0 Å². The van der Waals surface area contributed by atoms with Crippen LogP contribution in [0.15, 0.2) is 17.8 Å². The second-order valence-corrected chi connectivity index (χ2v) is 7.33. The van der Waals surface area contributed by atoms with E-state index in [9.17, 15) is 0 Å². The van der Waals surface area contributed by atoms with Gasteiger partial charge in [0.25, 0.3) is 0 Å². The van der Waals surface area contributed by atoms with Crippen molar-refractivity contribution in [1.29, 1.82) is 0 Å². The van der Waals surface area contributed by atoms with Gasteiger partial charge in [-0.15, -0.1) is 11.3 Å². The van der Waals surface area contributed by atoms with Gasteiger partial charge in [0.1, 0.15) is 17.0 Å². The molecule has 0 radical (unpaired) electrons.